The number of nitrogens with one attached hydrogen (secondary N) is 1. The van der Waals surface area contributed by atoms with Gasteiger partial charge in [0.25, 0.3) is 11.8 Å². The van der Waals surface area contributed by atoms with Crippen LogP contribution in [0.2, 0.25) is 0 Å². The largest absolute Gasteiger partial charge is 0.508 e. The Morgan fingerprint density at radius 1 is 1.14 bits per heavy atom. The van der Waals surface area contributed by atoms with Crippen molar-refractivity contribution in [3.63, 3.8) is 0 Å². The highest BCUT2D eigenvalue weighted by molar-refractivity contribution is 5.94. The van der Waals surface area contributed by atoms with Gasteiger partial charge in [-0.05, 0) is 49.1 Å². The summed E-state index contributed by atoms with van der Waals surface area (Å²) >= 11 is 0. The summed E-state index contributed by atoms with van der Waals surface area (Å²) in [5.74, 6) is 0.577. The van der Waals surface area contributed by atoms with E-state index in [1.807, 2.05) is 24.3 Å². The van der Waals surface area contributed by atoms with E-state index >= 15 is 0 Å². The number of aryl methyl sites for hydroxylation is 1. The van der Waals surface area contributed by atoms with Crippen LogP contribution in [0.4, 0.5) is 0 Å². The third kappa shape index (κ3) is 5.03. The van der Waals surface area contributed by atoms with E-state index in [2.05, 4.69) is 12.2 Å². The van der Waals surface area contributed by atoms with E-state index in [0.29, 0.717) is 31.5 Å². The van der Waals surface area contributed by atoms with Gasteiger partial charge in [0, 0.05) is 24.7 Å². The Labute approximate surface area is 165 Å². The molecule has 2 amide bonds. The average molecular weight is 382 g/mol. The molecule has 2 N–H and O–H groups in total. The fraction of sp³-hybridized carbons (Fsp3) is 0.364. The predicted molar refractivity (Wildman–Crippen MR) is 106 cm³/mol. The van der Waals surface area contributed by atoms with Gasteiger partial charge in [-0.15, -0.1) is 0 Å². The van der Waals surface area contributed by atoms with Crippen LogP contribution < -0.4 is 10.1 Å². The summed E-state index contributed by atoms with van der Waals surface area (Å²) in [5, 5.41) is 12.5. The van der Waals surface area contributed by atoms with Crippen LogP contribution in [0, 0.1) is 0 Å². The summed E-state index contributed by atoms with van der Waals surface area (Å²) in [6.07, 6.45) is 2.25. The van der Waals surface area contributed by atoms with E-state index in [4.69, 9.17) is 4.74 Å². The molecule has 2 aromatic carbocycles. The highest BCUT2D eigenvalue weighted by atomic mass is 16.5. The Morgan fingerprint density at radius 3 is 2.61 bits per heavy atom. The molecule has 0 unspecified atom stereocenters. The predicted octanol–water partition coefficient (Wildman–Crippen LogP) is 2.75. The van der Waals surface area contributed by atoms with Gasteiger partial charge in [-0.2, -0.15) is 0 Å². The molecule has 1 heterocycles. The highest BCUT2D eigenvalue weighted by Crippen LogP contribution is 2.19. The van der Waals surface area contributed by atoms with Crippen LogP contribution in [0.15, 0.2) is 48.5 Å². The fourth-order valence-electron chi connectivity index (χ4n) is 3.36. The van der Waals surface area contributed by atoms with Crippen LogP contribution in [0.3, 0.4) is 0 Å². The summed E-state index contributed by atoms with van der Waals surface area (Å²) in [7, 11) is 0. The number of carbonyl (C=O) groups excluding carboxylic acids is 2. The molecule has 0 saturated carbocycles. The number of phenolic OH excluding ortho intramolecular Hbond substituents is 1. The van der Waals surface area contributed by atoms with E-state index in [9.17, 15) is 14.7 Å². The van der Waals surface area contributed by atoms with Crippen molar-refractivity contribution in [2.75, 3.05) is 19.7 Å². The first-order valence-electron chi connectivity index (χ1n) is 9.65. The van der Waals surface area contributed by atoms with Crippen LogP contribution in [-0.2, 0) is 11.2 Å². The number of piperidine rings is 1. The molecule has 3 rings (SSSR count). The van der Waals surface area contributed by atoms with Gasteiger partial charge in [0.15, 0.2) is 6.61 Å². The van der Waals surface area contributed by atoms with Crippen LogP contribution in [0.25, 0.3) is 0 Å². The molecule has 6 heteroatoms. The van der Waals surface area contributed by atoms with E-state index < -0.39 is 0 Å². The maximum Gasteiger partial charge on any atom is 0.260 e. The monoisotopic (exact) mass is 382 g/mol. The number of hydrogen-bond donors (Lipinski definition) is 2. The summed E-state index contributed by atoms with van der Waals surface area (Å²) < 4.78 is 5.72. The summed E-state index contributed by atoms with van der Waals surface area (Å²) in [6.45, 7) is 3.25. The molecule has 1 saturated heterocycles. The molecule has 6 nitrogen and oxygen atoms in total. The molecule has 0 aliphatic carbocycles. The van der Waals surface area contributed by atoms with Gasteiger partial charge in [0.1, 0.15) is 11.5 Å². The van der Waals surface area contributed by atoms with Crippen molar-refractivity contribution < 1.29 is 19.4 Å². The topological polar surface area (TPSA) is 78.9 Å². The molecule has 1 aliphatic heterocycles. The van der Waals surface area contributed by atoms with Crippen molar-refractivity contribution in [2.24, 2.45) is 0 Å². The second-order valence-corrected chi connectivity index (χ2v) is 6.93. The van der Waals surface area contributed by atoms with E-state index in [1.165, 1.54) is 12.1 Å². The van der Waals surface area contributed by atoms with Crippen molar-refractivity contribution in [1.29, 1.82) is 0 Å². The maximum atomic E-state index is 12.4. The quantitative estimate of drug-likeness (QED) is 0.805. The van der Waals surface area contributed by atoms with E-state index in [0.717, 1.165) is 17.7 Å². The molecule has 0 aromatic heterocycles. The second-order valence-electron chi connectivity index (χ2n) is 6.93. The Hall–Kier alpha value is -3.02. The molecule has 1 fully saturated rings. The first-order valence-corrected chi connectivity index (χ1v) is 9.65. The van der Waals surface area contributed by atoms with E-state index in [-0.39, 0.29) is 30.2 Å². The normalized spacial score (nSPS) is 14.5. The zero-order chi connectivity index (χ0) is 19.9. The lowest BCUT2D eigenvalue weighted by Crippen LogP contribution is -2.47. The van der Waals surface area contributed by atoms with Gasteiger partial charge in [-0.3, -0.25) is 9.59 Å². The molecular formula is C22H26N2O4. The molecule has 0 bridgehead atoms. The van der Waals surface area contributed by atoms with Crippen molar-refractivity contribution in [2.45, 2.75) is 32.2 Å². The number of benzene rings is 2. The summed E-state index contributed by atoms with van der Waals surface area (Å²) in [4.78, 5) is 26.5. The number of aromatic hydroxyl groups is 1. The van der Waals surface area contributed by atoms with Gasteiger partial charge in [-0.1, -0.05) is 31.2 Å². The number of ether oxygens (including phenoxy) is 1. The van der Waals surface area contributed by atoms with Crippen molar-refractivity contribution in [3.05, 3.63) is 59.7 Å². The van der Waals surface area contributed by atoms with Crippen molar-refractivity contribution >= 4 is 11.8 Å². The zero-order valence-corrected chi connectivity index (χ0v) is 16.1. The summed E-state index contributed by atoms with van der Waals surface area (Å²) in [6, 6.07) is 14.0. The third-order valence-electron chi connectivity index (χ3n) is 5.00. The molecule has 0 atom stereocenters. The lowest BCUT2D eigenvalue weighted by Gasteiger charge is -2.32. The Balaban J connectivity index is 1.45. The Kier molecular flexibility index (Phi) is 6.53. The number of phenols is 1. The minimum Gasteiger partial charge on any atom is -0.508 e. The van der Waals surface area contributed by atoms with Gasteiger partial charge in [0.05, 0.1) is 0 Å². The van der Waals surface area contributed by atoms with Crippen molar-refractivity contribution in [3.8, 4) is 11.5 Å². The molecule has 0 spiro atoms. The van der Waals surface area contributed by atoms with Gasteiger partial charge < -0.3 is 20.1 Å². The highest BCUT2D eigenvalue weighted by Gasteiger charge is 2.24. The van der Waals surface area contributed by atoms with Gasteiger partial charge in [0.2, 0.25) is 0 Å². The number of para-hydroxylation sites is 1. The van der Waals surface area contributed by atoms with Crippen LogP contribution >= 0.6 is 0 Å². The smallest absolute Gasteiger partial charge is 0.260 e. The minimum absolute atomic E-state index is 0.0145. The number of amides is 2. The molecule has 0 radical (unpaired) electrons. The molecule has 2 aromatic rings. The first-order chi connectivity index (χ1) is 13.6. The van der Waals surface area contributed by atoms with Gasteiger partial charge in [-0.25, -0.2) is 0 Å². The zero-order valence-electron chi connectivity index (χ0n) is 16.1. The standard InChI is InChI=1S/C22H26N2O4/c1-2-16-6-3-4-9-20(16)28-15-21(26)24-12-10-18(11-13-24)23-22(27)17-7-5-8-19(25)14-17/h3-9,14,18,25H,2,10-13,15H2,1H3,(H,23,27). The number of rotatable bonds is 6. The lowest BCUT2D eigenvalue weighted by molar-refractivity contribution is -0.134. The lowest BCUT2D eigenvalue weighted by atomic mass is 10.0. The SMILES string of the molecule is CCc1ccccc1OCC(=O)N1CCC(NC(=O)c2cccc(O)c2)CC1. The molecule has 148 valence electrons. The number of nitrogens with zero attached hydrogens (tertiary/aromatic N) is 1. The number of hydrogen-bond acceptors (Lipinski definition) is 4. The van der Waals surface area contributed by atoms with Gasteiger partial charge >= 0.3 is 0 Å². The maximum absolute atomic E-state index is 12.4. The number of likely N-dealkylation sites (tertiary alicyclic amines) is 1. The first kappa shape index (κ1) is 19.7. The minimum atomic E-state index is -0.208. The Bertz CT molecular complexity index is 829. The van der Waals surface area contributed by atoms with Crippen LogP contribution in [0.5, 0.6) is 11.5 Å². The third-order valence-corrected chi connectivity index (χ3v) is 5.00. The Morgan fingerprint density at radius 2 is 1.89 bits per heavy atom. The average Bonchev–Trinajstić information content (AvgIpc) is 2.72. The second kappa shape index (κ2) is 9.26. The summed E-state index contributed by atoms with van der Waals surface area (Å²) in [5.41, 5.74) is 1.52. The van der Waals surface area contributed by atoms with Crippen LogP contribution in [0.1, 0.15) is 35.7 Å². The van der Waals surface area contributed by atoms with E-state index in [1.54, 1.807) is 17.0 Å². The molecule has 28 heavy (non-hydrogen) atoms. The molecule has 1 aliphatic rings. The fourth-order valence-corrected chi connectivity index (χ4v) is 3.36. The van der Waals surface area contributed by atoms with Crippen LogP contribution in [-0.4, -0.2) is 47.6 Å². The molecular weight excluding hydrogens is 356 g/mol. The number of carbonyl (C=O) groups is 2. The van der Waals surface area contributed by atoms with Crippen molar-refractivity contribution in [1.82, 2.24) is 10.2 Å².